The van der Waals surface area contributed by atoms with E-state index >= 15 is 0 Å². The standard InChI is InChI=1S/C26H34BNO2/c1-16(29)30-19-10-12-25(2)18(14-19)5-6-20-22-8-7-21(17-4-9-24(27)28-15-17)26(22,3)13-11-23(20)25/h4-5,7,9,15,19-20,22-23H,6,8,10-14,27H2,1-3H3/t19?,20?,22?,23?,25?,26-/m1/s1. The van der Waals surface area contributed by atoms with Crippen LogP contribution in [0, 0.1) is 28.6 Å². The Balaban J connectivity index is 1.40. The third-order valence-corrected chi connectivity index (χ3v) is 9.19. The molecule has 2 fully saturated rings. The average molecular weight is 403 g/mol. The van der Waals surface area contributed by atoms with Crippen molar-refractivity contribution in [3.63, 3.8) is 0 Å². The molecule has 158 valence electrons. The number of carbonyl (C=O) groups is 1. The summed E-state index contributed by atoms with van der Waals surface area (Å²) in [5.41, 5.74) is 6.08. The quantitative estimate of drug-likeness (QED) is 0.422. The molecule has 30 heavy (non-hydrogen) atoms. The molecule has 0 spiro atoms. The highest BCUT2D eigenvalue weighted by atomic mass is 16.5. The lowest BCUT2D eigenvalue weighted by molar-refractivity contribution is -0.148. The second-order valence-electron chi connectivity index (χ2n) is 10.7. The minimum Gasteiger partial charge on any atom is -0.462 e. The monoisotopic (exact) mass is 403 g/mol. The Morgan fingerprint density at radius 1 is 1.10 bits per heavy atom. The van der Waals surface area contributed by atoms with Crippen LogP contribution in [0.1, 0.15) is 71.3 Å². The van der Waals surface area contributed by atoms with E-state index in [-0.39, 0.29) is 22.9 Å². The third kappa shape index (κ3) is 3.01. The first-order chi connectivity index (χ1) is 14.3. The van der Waals surface area contributed by atoms with Crippen molar-refractivity contribution in [2.24, 2.45) is 28.6 Å². The zero-order chi connectivity index (χ0) is 21.1. The summed E-state index contributed by atoms with van der Waals surface area (Å²) in [5.74, 6) is 2.11. The highest BCUT2D eigenvalue weighted by Crippen LogP contribution is 2.66. The average Bonchev–Trinajstić information content (AvgIpc) is 3.06. The van der Waals surface area contributed by atoms with E-state index in [9.17, 15) is 4.79 Å². The van der Waals surface area contributed by atoms with Crippen LogP contribution >= 0.6 is 0 Å². The molecule has 4 heteroatoms. The van der Waals surface area contributed by atoms with Gasteiger partial charge in [-0.1, -0.05) is 43.7 Å². The van der Waals surface area contributed by atoms with Gasteiger partial charge in [0.25, 0.3) is 0 Å². The van der Waals surface area contributed by atoms with Crippen LogP contribution in [-0.4, -0.2) is 24.9 Å². The molecule has 0 bridgehead atoms. The summed E-state index contributed by atoms with van der Waals surface area (Å²) in [5, 5.41) is 0. The Morgan fingerprint density at radius 3 is 2.63 bits per heavy atom. The predicted molar refractivity (Wildman–Crippen MR) is 123 cm³/mol. The maximum atomic E-state index is 11.5. The molecular weight excluding hydrogens is 369 g/mol. The molecule has 4 aliphatic carbocycles. The second kappa shape index (κ2) is 7.10. The topological polar surface area (TPSA) is 39.2 Å². The van der Waals surface area contributed by atoms with Crippen LogP contribution in [-0.2, 0) is 9.53 Å². The minimum atomic E-state index is -0.138. The van der Waals surface area contributed by atoms with Crippen molar-refractivity contribution < 1.29 is 9.53 Å². The molecular formula is C26H34BNO2. The van der Waals surface area contributed by atoms with Crippen LogP contribution in [0.5, 0.6) is 0 Å². The molecule has 0 N–H and O–H groups in total. The fourth-order valence-electron chi connectivity index (χ4n) is 7.60. The van der Waals surface area contributed by atoms with E-state index in [1.165, 1.54) is 43.7 Å². The second-order valence-corrected chi connectivity index (χ2v) is 10.7. The van der Waals surface area contributed by atoms with Crippen LogP contribution in [0.15, 0.2) is 36.1 Å². The van der Waals surface area contributed by atoms with Crippen molar-refractivity contribution >= 4 is 25.0 Å². The van der Waals surface area contributed by atoms with Crippen LogP contribution < -0.4 is 5.59 Å². The highest BCUT2D eigenvalue weighted by molar-refractivity contribution is 6.30. The van der Waals surface area contributed by atoms with Gasteiger partial charge in [0.1, 0.15) is 6.10 Å². The van der Waals surface area contributed by atoms with Gasteiger partial charge in [0.2, 0.25) is 0 Å². The van der Waals surface area contributed by atoms with Crippen molar-refractivity contribution in [2.45, 2.75) is 71.8 Å². The molecule has 5 rings (SSSR count). The lowest BCUT2D eigenvalue weighted by Crippen LogP contribution is -2.50. The Labute approximate surface area is 181 Å². The van der Waals surface area contributed by atoms with Crippen molar-refractivity contribution in [3.05, 3.63) is 41.6 Å². The Bertz CT molecular complexity index is 919. The SMILES string of the molecule is Bc1ccc(C2=CCC3C4CC=C5CC(OC(C)=O)CCC5(C)C4CC[C@]23C)cn1. The molecule has 0 aliphatic heterocycles. The number of pyridine rings is 1. The molecule has 4 aliphatic rings. The van der Waals surface area contributed by atoms with Gasteiger partial charge in [-0.05, 0) is 83.8 Å². The molecule has 1 aromatic rings. The van der Waals surface area contributed by atoms with Crippen LogP contribution in [0.25, 0.3) is 5.57 Å². The first-order valence-corrected chi connectivity index (χ1v) is 11.8. The lowest BCUT2D eigenvalue weighted by Gasteiger charge is -2.57. The van der Waals surface area contributed by atoms with Crippen molar-refractivity contribution in [3.8, 4) is 0 Å². The van der Waals surface area contributed by atoms with E-state index in [0.717, 1.165) is 42.6 Å². The summed E-state index contributed by atoms with van der Waals surface area (Å²) in [7, 11) is 2.06. The van der Waals surface area contributed by atoms with Gasteiger partial charge in [-0.2, -0.15) is 0 Å². The van der Waals surface area contributed by atoms with Crippen molar-refractivity contribution in [1.29, 1.82) is 0 Å². The van der Waals surface area contributed by atoms with Crippen molar-refractivity contribution in [1.82, 2.24) is 4.98 Å². The number of nitrogens with zero attached hydrogens (tertiary/aromatic N) is 1. The largest absolute Gasteiger partial charge is 0.462 e. The fraction of sp³-hybridized carbons (Fsp3) is 0.615. The zero-order valence-electron chi connectivity index (χ0n) is 18.9. The summed E-state index contributed by atoms with van der Waals surface area (Å²) in [4.78, 5) is 16.0. The molecule has 3 nitrogen and oxygen atoms in total. The molecule has 2 saturated carbocycles. The number of carbonyl (C=O) groups excluding carboxylic acids is 1. The van der Waals surface area contributed by atoms with E-state index in [4.69, 9.17) is 4.74 Å². The smallest absolute Gasteiger partial charge is 0.302 e. The van der Waals surface area contributed by atoms with E-state index in [1.807, 2.05) is 0 Å². The molecule has 5 unspecified atom stereocenters. The number of esters is 1. The van der Waals surface area contributed by atoms with Gasteiger partial charge in [0, 0.05) is 19.5 Å². The zero-order valence-corrected chi connectivity index (χ0v) is 18.9. The molecule has 1 heterocycles. The number of aromatic nitrogens is 1. The number of rotatable bonds is 2. The van der Waals surface area contributed by atoms with E-state index in [2.05, 4.69) is 57.2 Å². The molecule has 0 saturated heterocycles. The van der Waals surface area contributed by atoms with Gasteiger partial charge >= 0.3 is 5.97 Å². The summed E-state index contributed by atoms with van der Waals surface area (Å²) in [6, 6.07) is 4.42. The first-order valence-electron chi connectivity index (χ1n) is 11.8. The number of hydrogen-bond acceptors (Lipinski definition) is 3. The third-order valence-electron chi connectivity index (χ3n) is 9.19. The number of ether oxygens (including phenoxy) is 1. The maximum absolute atomic E-state index is 11.5. The number of allylic oxidation sites excluding steroid dienone is 3. The van der Waals surface area contributed by atoms with Gasteiger partial charge in [0.15, 0.2) is 7.85 Å². The van der Waals surface area contributed by atoms with Gasteiger partial charge in [-0.15, -0.1) is 0 Å². The van der Waals surface area contributed by atoms with Gasteiger partial charge < -0.3 is 4.74 Å². The minimum absolute atomic E-state index is 0.0843. The van der Waals surface area contributed by atoms with Crippen LogP contribution in [0.3, 0.4) is 0 Å². The summed E-state index contributed by atoms with van der Waals surface area (Å²) in [6.07, 6.45) is 15.3. The first kappa shape index (κ1) is 20.1. The van der Waals surface area contributed by atoms with Crippen LogP contribution in [0.2, 0.25) is 0 Å². The molecule has 0 aromatic carbocycles. The Hall–Kier alpha value is -1.84. The van der Waals surface area contributed by atoms with Gasteiger partial charge in [-0.25, -0.2) is 0 Å². The Kier molecular flexibility index (Phi) is 4.76. The highest BCUT2D eigenvalue weighted by Gasteiger charge is 2.56. The van der Waals surface area contributed by atoms with Crippen LogP contribution in [0.4, 0.5) is 0 Å². The fourth-order valence-corrected chi connectivity index (χ4v) is 7.60. The summed E-state index contributed by atoms with van der Waals surface area (Å²) < 4.78 is 5.58. The Morgan fingerprint density at radius 2 is 1.90 bits per heavy atom. The summed E-state index contributed by atoms with van der Waals surface area (Å²) in [6.45, 7) is 6.57. The number of hydrogen-bond donors (Lipinski definition) is 0. The molecule has 1 aromatic heterocycles. The lowest BCUT2D eigenvalue weighted by atomic mass is 9.47. The number of fused-ring (bicyclic) bond motifs is 5. The molecule has 0 amide bonds. The van der Waals surface area contributed by atoms with Gasteiger partial charge in [0.05, 0.1) is 0 Å². The summed E-state index contributed by atoms with van der Waals surface area (Å²) >= 11 is 0. The van der Waals surface area contributed by atoms with E-state index in [1.54, 1.807) is 5.57 Å². The molecule has 6 atom stereocenters. The van der Waals surface area contributed by atoms with E-state index in [0.29, 0.717) is 0 Å². The molecule has 0 radical (unpaired) electrons. The van der Waals surface area contributed by atoms with Gasteiger partial charge in [-0.3, -0.25) is 9.78 Å². The maximum Gasteiger partial charge on any atom is 0.302 e. The van der Waals surface area contributed by atoms with Crippen molar-refractivity contribution in [2.75, 3.05) is 0 Å². The normalized spacial score (nSPS) is 39.8. The van der Waals surface area contributed by atoms with E-state index < -0.39 is 0 Å². The predicted octanol–water partition coefficient (Wildman–Crippen LogP) is 4.23.